The van der Waals surface area contributed by atoms with E-state index in [0.29, 0.717) is 22.0 Å². The number of H-pyrrole nitrogens is 1. The van der Waals surface area contributed by atoms with Crippen molar-refractivity contribution in [1.82, 2.24) is 19.9 Å². The second-order valence-electron chi connectivity index (χ2n) is 7.76. The number of aryl methyl sites for hydroxylation is 1. The Morgan fingerprint density at radius 3 is 2.97 bits per heavy atom. The van der Waals surface area contributed by atoms with E-state index >= 15 is 0 Å². The first-order valence-corrected chi connectivity index (χ1v) is 12.6. The molecule has 0 bridgehead atoms. The average Bonchev–Trinajstić information content (AvgIpc) is 3.34. The second-order valence-corrected chi connectivity index (χ2v) is 9.77. The van der Waals surface area contributed by atoms with E-state index in [9.17, 15) is 10.2 Å². The zero-order valence-electron chi connectivity index (χ0n) is 18.2. The van der Waals surface area contributed by atoms with Crippen molar-refractivity contribution in [3.8, 4) is 5.75 Å². The predicted molar refractivity (Wildman–Crippen MR) is 130 cm³/mol. The van der Waals surface area contributed by atoms with Crippen molar-refractivity contribution in [2.45, 2.75) is 41.3 Å². The van der Waals surface area contributed by atoms with Gasteiger partial charge in [0.1, 0.15) is 0 Å². The Bertz CT molecular complexity index is 1330. The van der Waals surface area contributed by atoms with Crippen molar-refractivity contribution in [2.24, 2.45) is 4.99 Å². The quantitative estimate of drug-likeness (QED) is 0.363. The number of ether oxygens (including phenoxy) is 1. The molecule has 1 aliphatic rings. The van der Waals surface area contributed by atoms with Gasteiger partial charge in [0.25, 0.3) is 0 Å². The van der Waals surface area contributed by atoms with Gasteiger partial charge in [0, 0.05) is 0 Å². The third kappa shape index (κ3) is 5.28. The molecule has 3 aromatic heterocycles. The van der Waals surface area contributed by atoms with Crippen LogP contribution in [-0.4, -0.2) is 42.9 Å². The van der Waals surface area contributed by atoms with E-state index in [1.165, 1.54) is 11.2 Å². The van der Waals surface area contributed by atoms with Crippen molar-refractivity contribution in [1.29, 1.82) is 0 Å². The molecule has 3 heterocycles. The van der Waals surface area contributed by atoms with Gasteiger partial charge in [0.05, 0.1) is 0 Å². The van der Waals surface area contributed by atoms with Crippen molar-refractivity contribution >= 4 is 34.9 Å². The maximum atomic E-state index is 9.88. The van der Waals surface area contributed by atoms with Gasteiger partial charge in [-0.15, -0.1) is 0 Å². The normalized spacial score (nSPS) is 16.6. The summed E-state index contributed by atoms with van der Waals surface area (Å²) in [6, 6.07) is 12.0. The molecule has 8 nitrogen and oxygen atoms in total. The number of nitrogens with one attached hydrogen (secondary N) is 1. The fourth-order valence-corrected chi connectivity index (χ4v) is 5.32. The summed E-state index contributed by atoms with van der Waals surface area (Å²) in [7, 11) is 0. The van der Waals surface area contributed by atoms with E-state index in [-0.39, 0.29) is 12.7 Å². The number of hydrogen-bond acceptors (Lipinski definition) is 9. The summed E-state index contributed by atoms with van der Waals surface area (Å²) in [6.45, 7) is -0.367. The number of aliphatic hydroxyl groups is 2. The molecule has 3 N–H and O–H groups in total. The fraction of sp³-hybridized carbons (Fsp3) is 0.261. The Balaban J connectivity index is 1.51. The molecule has 11 heteroatoms. The zero-order valence-corrected chi connectivity index (χ0v) is 19.8. The number of aliphatic hydroxyl groups excluding tert-OH is 2. The van der Waals surface area contributed by atoms with Crippen molar-refractivity contribution < 1.29 is 14.9 Å². The summed E-state index contributed by atoms with van der Waals surface area (Å²) >= 11 is 2.92. The number of aromatic nitrogens is 4. The van der Waals surface area contributed by atoms with Crippen LogP contribution in [0.3, 0.4) is 0 Å². The fourth-order valence-electron chi connectivity index (χ4n) is 3.71. The molecule has 0 aliphatic heterocycles. The van der Waals surface area contributed by atoms with Crippen LogP contribution in [0.15, 0.2) is 69.9 Å². The summed E-state index contributed by atoms with van der Waals surface area (Å²) < 4.78 is 6.49. The Hall–Kier alpha value is -2.86. The molecule has 4 aromatic rings. The van der Waals surface area contributed by atoms with Crippen LogP contribution in [0.4, 0.5) is 5.82 Å². The van der Waals surface area contributed by atoms with Crippen LogP contribution in [0, 0.1) is 0 Å². The molecule has 0 saturated carbocycles. The van der Waals surface area contributed by atoms with E-state index in [1.54, 1.807) is 30.5 Å². The van der Waals surface area contributed by atoms with E-state index in [1.807, 2.05) is 42.6 Å². The second kappa shape index (κ2) is 10.6. The minimum atomic E-state index is -0.979. The standard InChI is InChI=1S/C23H22BN5O3S2/c30-12-18(31)21-24-34-23(28-21)29-22-20(9-15(10-26-22)33-14-5-2-1-3-6-14)32-19-8-4-7-17-16(19)11-25-13-27-17/h1-3,5-6,9-11,13,18-19,30-31H,4,7-8,12H2,(H,26,28,29). The number of hydrogen-bond donors (Lipinski definition) is 3. The molecule has 1 aromatic carbocycles. The van der Waals surface area contributed by atoms with E-state index in [0.717, 1.165) is 40.3 Å². The average molecular weight is 491 g/mol. The van der Waals surface area contributed by atoms with Crippen LogP contribution in [0.5, 0.6) is 5.75 Å². The molecule has 5 rings (SSSR count). The third-order valence-electron chi connectivity index (χ3n) is 5.40. The Morgan fingerprint density at radius 1 is 1.24 bits per heavy atom. The van der Waals surface area contributed by atoms with Crippen LogP contribution >= 0.6 is 22.9 Å². The molecule has 2 unspecified atom stereocenters. The van der Waals surface area contributed by atoms with Crippen molar-refractivity contribution in [2.75, 3.05) is 6.61 Å². The summed E-state index contributed by atoms with van der Waals surface area (Å²) in [5.41, 5.74) is 2.52. The topological polar surface area (TPSA) is 117 Å². The van der Waals surface area contributed by atoms with Crippen molar-refractivity contribution in [3.05, 3.63) is 76.8 Å². The Morgan fingerprint density at radius 2 is 2.12 bits per heavy atom. The van der Waals surface area contributed by atoms with Gasteiger partial charge in [-0.25, -0.2) is 0 Å². The SMILES string of the molecule is OCC(O)c1bs/c(=N\c2ncc(Sc3ccccc3)cc2OC2CCCc3ncncc32)[nH]1. The minimum absolute atomic E-state index is 0.184. The van der Waals surface area contributed by atoms with Crippen LogP contribution in [-0.2, 0) is 6.42 Å². The van der Waals surface area contributed by atoms with Gasteiger partial charge in [-0.1, -0.05) is 0 Å². The monoisotopic (exact) mass is 491 g/mol. The van der Waals surface area contributed by atoms with Crippen molar-refractivity contribution in [3.63, 3.8) is 0 Å². The van der Waals surface area contributed by atoms with Gasteiger partial charge < -0.3 is 0 Å². The molecule has 0 radical (unpaired) electrons. The first-order valence-electron chi connectivity index (χ1n) is 10.9. The first-order chi connectivity index (χ1) is 16.7. The van der Waals surface area contributed by atoms with Crippen LogP contribution in [0.25, 0.3) is 0 Å². The van der Waals surface area contributed by atoms with Gasteiger partial charge >= 0.3 is 205 Å². The molecule has 2 atom stereocenters. The van der Waals surface area contributed by atoms with Gasteiger partial charge in [0.2, 0.25) is 0 Å². The number of nitrogens with zero attached hydrogens (tertiary/aromatic N) is 4. The molecule has 0 spiro atoms. The molecule has 172 valence electrons. The van der Waals surface area contributed by atoms with E-state index in [4.69, 9.17) is 4.74 Å². The summed E-state index contributed by atoms with van der Waals surface area (Å²) in [4.78, 5) is 23.5. The van der Waals surface area contributed by atoms with Gasteiger partial charge in [-0.2, -0.15) is 0 Å². The Labute approximate surface area is 205 Å². The summed E-state index contributed by atoms with van der Waals surface area (Å²) in [6.07, 6.45) is 8.50. The molecule has 34 heavy (non-hydrogen) atoms. The molecule has 1 aliphatic carbocycles. The van der Waals surface area contributed by atoms with Crippen LogP contribution < -0.4 is 9.54 Å². The maximum absolute atomic E-state index is 9.88. The molecular weight excluding hydrogens is 469 g/mol. The summed E-state index contributed by atoms with van der Waals surface area (Å²) in [5.74, 6) is 0.998. The van der Waals surface area contributed by atoms with Crippen LogP contribution in [0.1, 0.15) is 41.9 Å². The molecular formula is C23H22BN5O3S2. The van der Waals surface area contributed by atoms with E-state index < -0.39 is 6.10 Å². The van der Waals surface area contributed by atoms with Gasteiger partial charge in [-0.05, 0) is 0 Å². The Kier molecular flexibility index (Phi) is 7.14. The zero-order chi connectivity index (χ0) is 23.3. The number of rotatable bonds is 7. The number of aromatic amines is 1. The molecule has 0 saturated heterocycles. The predicted octanol–water partition coefficient (Wildman–Crippen LogP) is 3.47. The molecule has 0 fully saturated rings. The van der Waals surface area contributed by atoms with E-state index in [2.05, 4.69) is 24.9 Å². The van der Waals surface area contributed by atoms with Gasteiger partial charge in [0.15, 0.2) is 0 Å². The molecule has 0 amide bonds. The third-order valence-corrected chi connectivity index (χ3v) is 7.15. The number of fused-ring (bicyclic) bond motifs is 1. The number of pyridine rings is 1. The summed E-state index contributed by atoms with van der Waals surface area (Å²) in [5, 5.41) is 19.1. The van der Waals surface area contributed by atoms with Crippen LogP contribution in [0.2, 0.25) is 0 Å². The van der Waals surface area contributed by atoms with Gasteiger partial charge in [-0.3, -0.25) is 0 Å². The number of benzene rings is 1. The first kappa shape index (κ1) is 22.9.